The van der Waals surface area contributed by atoms with E-state index in [1.54, 1.807) is 0 Å². The molecule has 21 heavy (non-hydrogen) atoms. The molecule has 0 aliphatic carbocycles. The van der Waals surface area contributed by atoms with Crippen molar-refractivity contribution >= 4 is 17.3 Å². The summed E-state index contributed by atoms with van der Waals surface area (Å²) in [5.41, 5.74) is 2.58. The highest BCUT2D eigenvalue weighted by Crippen LogP contribution is 2.31. The number of hydrogen-bond donors (Lipinski definition) is 1. The Morgan fingerprint density at radius 2 is 2.00 bits per heavy atom. The fourth-order valence-corrected chi connectivity index (χ4v) is 3.20. The zero-order valence-electron chi connectivity index (χ0n) is 13.9. The molecule has 1 atom stereocenters. The molecule has 118 valence electrons. The summed E-state index contributed by atoms with van der Waals surface area (Å²) < 4.78 is 0. The molecule has 1 saturated heterocycles. The molecule has 1 heterocycles. The van der Waals surface area contributed by atoms with Crippen LogP contribution in [0, 0.1) is 0 Å². The Balaban J connectivity index is 2.11. The van der Waals surface area contributed by atoms with Crippen LogP contribution in [0.4, 0.5) is 5.69 Å². The molecule has 0 spiro atoms. The molecule has 1 aliphatic rings. The Morgan fingerprint density at radius 1 is 1.24 bits per heavy atom. The van der Waals surface area contributed by atoms with Crippen molar-refractivity contribution in [2.45, 2.75) is 71.5 Å². The summed E-state index contributed by atoms with van der Waals surface area (Å²) in [5.74, 6) is 0. The van der Waals surface area contributed by atoms with E-state index in [0.717, 1.165) is 18.1 Å². The van der Waals surface area contributed by atoms with Gasteiger partial charge in [0.05, 0.1) is 10.7 Å². The minimum atomic E-state index is 0.129. The molecule has 0 saturated carbocycles. The monoisotopic (exact) mass is 308 g/mol. The van der Waals surface area contributed by atoms with Gasteiger partial charge in [-0.15, -0.1) is 0 Å². The van der Waals surface area contributed by atoms with Crippen LogP contribution in [0.1, 0.15) is 58.9 Å². The van der Waals surface area contributed by atoms with Gasteiger partial charge in [-0.05, 0) is 58.2 Å². The first-order valence-electron chi connectivity index (χ1n) is 8.17. The van der Waals surface area contributed by atoms with Gasteiger partial charge in [-0.3, -0.25) is 0 Å². The van der Waals surface area contributed by atoms with Gasteiger partial charge in [0.25, 0.3) is 0 Å². The maximum Gasteiger partial charge on any atom is 0.0642 e. The maximum atomic E-state index is 6.56. The van der Waals surface area contributed by atoms with Gasteiger partial charge in [-0.1, -0.05) is 30.5 Å². The molecule has 1 unspecified atom stereocenters. The van der Waals surface area contributed by atoms with Crippen LogP contribution in [-0.2, 0) is 6.54 Å². The lowest BCUT2D eigenvalue weighted by Gasteiger charge is -2.30. The molecule has 1 aromatic carbocycles. The Hall–Kier alpha value is -0.730. The summed E-state index contributed by atoms with van der Waals surface area (Å²) in [4.78, 5) is 2.48. The molecular weight excluding hydrogens is 280 g/mol. The largest absolute Gasteiger partial charge is 0.368 e. The number of halogens is 1. The first kappa shape index (κ1) is 16.6. The van der Waals surface area contributed by atoms with Crippen LogP contribution in [0.5, 0.6) is 0 Å². The van der Waals surface area contributed by atoms with Crippen LogP contribution in [0.25, 0.3) is 0 Å². The SMILES string of the molecule is CC1CCCCCN1c1ccc(CNC(C)(C)C)cc1Cl. The predicted octanol–water partition coefficient (Wildman–Crippen LogP) is 5.00. The third-order valence-electron chi connectivity index (χ3n) is 4.20. The van der Waals surface area contributed by atoms with Crippen LogP contribution in [0.15, 0.2) is 18.2 Å². The van der Waals surface area contributed by atoms with Crippen molar-refractivity contribution in [3.05, 3.63) is 28.8 Å². The van der Waals surface area contributed by atoms with Gasteiger partial charge in [-0.2, -0.15) is 0 Å². The normalized spacial score (nSPS) is 20.4. The summed E-state index contributed by atoms with van der Waals surface area (Å²) in [6.07, 6.45) is 5.21. The maximum absolute atomic E-state index is 6.56. The molecule has 0 bridgehead atoms. The lowest BCUT2D eigenvalue weighted by atomic mass is 10.1. The van der Waals surface area contributed by atoms with E-state index in [4.69, 9.17) is 11.6 Å². The second kappa shape index (κ2) is 7.02. The van der Waals surface area contributed by atoms with Crippen LogP contribution >= 0.6 is 11.6 Å². The van der Waals surface area contributed by atoms with Gasteiger partial charge in [0.15, 0.2) is 0 Å². The van der Waals surface area contributed by atoms with E-state index in [9.17, 15) is 0 Å². The topological polar surface area (TPSA) is 15.3 Å². The van der Waals surface area contributed by atoms with Crippen LogP contribution < -0.4 is 10.2 Å². The van der Waals surface area contributed by atoms with Crippen LogP contribution in [0.2, 0.25) is 5.02 Å². The quantitative estimate of drug-likeness (QED) is 0.845. The molecule has 1 aromatic rings. The smallest absolute Gasteiger partial charge is 0.0642 e. The zero-order chi connectivity index (χ0) is 15.5. The van der Waals surface area contributed by atoms with E-state index in [1.165, 1.54) is 36.9 Å². The van der Waals surface area contributed by atoms with Gasteiger partial charge < -0.3 is 10.2 Å². The molecule has 0 amide bonds. The zero-order valence-corrected chi connectivity index (χ0v) is 14.6. The van der Waals surface area contributed by atoms with Crippen LogP contribution in [-0.4, -0.2) is 18.1 Å². The predicted molar refractivity (Wildman–Crippen MR) is 93.3 cm³/mol. The first-order chi connectivity index (χ1) is 9.87. The minimum Gasteiger partial charge on any atom is -0.368 e. The average molecular weight is 309 g/mol. The van der Waals surface area contributed by atoms with Crippen molar-refractivity contribution in [1.82, 2.24) is 5.32 Å². The van der Waals surface area contributed by atoms with Crippen molar-refractivity contribution in [3.63, 3.8) is 0 Å². The van der Waals surface area contributed by atoms with Crippen molar-refractivity contribution in [2.24, 2.45) is 0 Å². The molecule has 1 fully saturated rings. The highest BCUT2D eigenvalue weighted by Gasteiger charge is 2.19. The van der Waals surface area contributed by atoms with Gasteiger partial charge in [0.2, 0.25) is 0 Å². The Morgan fingerprint density at radius 3 is 2.67 bits per heavy atom. The van der Waals surface area contributed by atoms with Crippen molar-refractivity contribution in [3.8, 4) is 0 Å². The number of rotatable bonds is 3. The third kappa shape index (κ3) is 4.89. The molecule has 1 N–H and O–H groups in total. The standard InChI is InChI=1S/C18H29ClN2/c1-14-8-6-5-7-11-21(14)17-10-9-15(12-16(17)19)13-20-18(2,3)4/h9-10,12,14,20H,5-8,11,13H2,1-4H3. The summed E-state index contributed by atoms with van der Waals surface area (Å²) in [6.45, 7) is 10.8. The molecule has 2 nitrogen and oxygen atoms in total. The van der Waals surface area contributed by atoms with E-state index in [2.05, 4.69) is 56.1 Å². The lowest BCUT2D eigenvalue weighted by Crippen LogP contribution is -2.35. The Kier molecular flexibility index (Phi) is 5.56. The van der Waals surface area contributed by atoms with Crippen molar-refractivity contribution in [2.75, 3.05) is 11.4 Å². The summed E-state index contributed by atoms with van der Waals surface area (Å²) in [5, 5.41) is 4.40. The molecule has 0 aromatic heterocycles. The average Bonchev–Trinajstić information content (AvgIpc) is 2.61. The van der Waals surface area contributed by atoms with Crippen molar-refractivity contribution < 1.29 is 0 Å². The second-order valence-corrected chi connectivity index (χ2v) is 7.69. The number of nitrogens with zero attached hydrogens (tertiary/aromatic N) is 1. The third-order valence-corrected chi connectivity index (χ3v) is 4.50. The second-order valence-electron chi connectivity index (χ2n) is 7.28. The fourth-order valence-electron chi connectivity index (χ4n) is 2.89. The van der Waals surface area contributed by atoms with E-state index >= 15 is 0 Å². The van der Waals surface area contributed by atoms with Crippen LogP contribution in [0.3, 0.4) is 0 Å². The molecule has 0 radical (unpaired) electrons. The van der Waals surface area contributed by atoms with E-state index in [1.807, 2.05) is 0 Å². The van der Waals surface area contributed by atoms with Gasteiger partial charge >= 0.3 is 0 Å². The molecule has 1 aliphatic heterocycles. The first-order valence-corrected chi connectivity index (χ1v) is 8.55. The number of anilines is 1. The number of benzene rings is 1. The van der Waals surface area contributed by atoms with E-state index in [0.29, 0.717) is 6.04 Å². The van der Waals surface area contributed by atoms with E-state index < -0.39 is 0 Å². The van der Waals surface area contributed by atoms with E-state index in [-0.39, 0.29) is 5.54 Å². The molecule has 3 heteroatoms. The highest BCUT2D eigenvalue weighted by molar-refractivity contribution is 6.33. The summed E-state index contributed by atoms with van der Waals surface area (Å²) in [6, 6.07) is 7.11. The minimum absolute atomic E-state index is 0.129. The van der Waals surface area contributed by atoms with Gasteiger partial charge in [-0.25, -0.2) is 0 Å². The summed E-state index contributed by atoms with van der Waals surface area (Å²) in [7, 11) is 0. The Labute approximate surface area is 134 Å². The number of nitrogens with one attached hydrogen (secondary N) is 1. The van der Waals surface area contributed by atoms with Crippen molar-refractivity contribution in [1.29, 1.82) is 0 Å². The fraction of sp³-hybridized carbons (Fsp3) is 0.667. The Bertz CT molecular complexity index is 465. The van der Waals surface area contributed by atoms with Gasteiger partial charge in [0.1, 0.15) is 0 Å². The lowest BCUT2D eigenvalue weighted by molar-refractivity contribution is 0.424. The molecule has 2 rings (SSSR count). The molecular formula is C18H29ClN2. The van der Waals surface area contributed by atoms with Gasteiger partial charge in [0, 0.05) is 24.7 Å². The number of hydrogen-bond acceptors (Lipinski definition) is 2. The summed E-state index contributed by atoms with van der Waals surface area (Å²) >= 11 is 6.56. The highest BCUT2D eigenvalue weighted by atomic mass is 35.5.